The quantitative estimate of drug-likeness (QED) is 0.822. The molecule has 1 aromatic heterocycles. The van der Waals surface area contributed by atoms with Crippen molar-refractivity contribution in [3.63, 3.8) is 0 Å². The van der Waals surface area contributed by atoms with Crippen LogP contribution in [0.25, 0.3) is 0 Å². The van der Waals surface area contributed by atoms with Gasteiger partial charge in [-0.1, -0.05) is 13.8 Å². The first-order valence-corrected chi connectivity index (χ1v) is 5.03. The highest BCUT2D eigenvalue weighted by Crippen LogP contribution is 2.28. The molecule has 1 aromatic rings. The van der Waals surface area contributed by atoms with Crippen LogP contribution in [0.15, 0.2) is 18.5 Å². The van der Waals surface area contributed by atoms with Crippen LogP contribution in [-0.4, -0.2) is 30.7 Å². The summed E-state index contributed by atoms with van der Waals surface area (Å²) >= 11 is 0. The van der Waals surface area contributed by atoms with Crippen molar-refractivity contribution >= 4 is 7.69 Å². The largest absolute Gasteiger partial charge is 0.569 e. The molecule has 0 unspecified atom stereocenters. The fraction of sp³-hybridized carbons (Fsp3) is 0.500. The SMILES string of the molecule is CC(C)(COC(F)(F)F)c1cncc(O[B]O)c1. The van der Waals surface area contributed by atoms with E-state index in [-0.39, 0.29) is 5.75 Å². The smallest absolute Gasteiger partial charge is 0.536 e. The Morgan fingerprint density at radius 2 is 2.00 bits per heavy atom. The Kier molecular flexibility index (Phi) is 4.58. The first-order chi connectivity index (χ1) is 8.24. The van der Waals surface area contributed by atoms with Gasteiger partial charge in [0.25, 0.3) is 0 Å². The number of nitrogens with zero attached hydrogens (tertiary/aromatic N) is 1. The summed E-state index contributed by atoms with van der Waals surface area (Å²) < 4.78 is 44.5. The summed E-state index contributed by atoms with van der Waals surface area (Å²) in [6.07, 6.45) is -1.92. The molecular formula is C10H12BF3NO3. The van der Waals surface area contributed by atoms with Crippen LogP contribution in [0.1, 0.15) is 19.4 Å². The highest BCUT2D eigenvalue weighted by molar-refractivity contribution is 6.17. The maximum absolute atomic E-state index is 12.0. The number of pyridine rings is 1. The van der Waals surface area contributed by atoms with Crippen LogP contribution in [0.4, 0.5) is 13.2 Å². The van der Waals surface area contributed by atoms with Crippen LogP contribution >= 0.6 is 0 Å². The fourth-order valence-electron chi connectivity index (χ4n) is 1.26. The lowest BCUT2D eigenvalue weighted by atomic mass is 9.86. The molecule has 18 heavy (non-hydrogen) atoms. The summed E-state index contributed by atoms with van der Waals surface area (Å²) in [5, 5.41) is 8.47. The van der Waals surface area contributed by atoms with Gasteiger partial charge in [-0.05, 0) is 11.6 Å². The Bertz CT molecular complexity index is 398. The van der Waals surface area contributed by atoms with Crippen LogP contribution in [0.2, 0.25) is 0 Å². The summed E-state index contributed by atoms with van der Waals surface area (Å²) in [5.41, 5.74) is -0.386. The molecule has 1 N–H and O–H groups in total. The summed E-state index contributed by atoms with van der Waals surface area (Å²) in [4.78, 5) is 3.82. The molecule has 0 saturated heterocycles. The van der Waals surface area contributed by atoms with Crippen molar-refractivity contribution in [2.24, 2.45) is 0 Å². The molecule has 1 rings (SSSR count). The van der Waals surface area contributed by atoms with Crippen LogP contribution in [0.3, 0.4) is 0 Å². The Morgan fingerprint density at radius 1 is 1.33 bits per heavy atom. The molecule has 0 bridgehead atoms. The summed E-state index contributed by atoms with van der Waals surface area (Å²) in [6, 6.07) is 1.49. The number of ether oxygens (including phenoxy) is 1. The first kappa shape index (κ1) is 14.8. The lowest BCUT2D eigenvalue weighted by Crippen LogP contribution is -2.29. The molecular weight excluding hydrogens is 250 g/mol. The van der Waals surface area contributed by atoms with E-state index in [0.717, 1.165) is 0 Å². The molecule has 1 radical (unpaired) electrons. The number of halogens is 3. The van der Waals surface area contributed by atoms with Crippen LogP contribution in [0, 0.1) is 0 Å². The van der Waals surface area contributed by atoms with Crippen molar-refractivity contribution < 1.29 is 27.6 Å². The highest BCUT2D eigenvalue weighted by atomic mass is 19.4. The van der Waals surface area contributed by atoms with E-state index in [4.69, 9.17) is 9.68 Å². The van der Waals surface area contributed by atoms with Crippen molar-refractivity contribution in [1.29, 1.82) is 0 Å². The number of alkyl halides is 3. The predicted molar refractivity (Wildman–Crippen MR) is 57.9 cm³/mol. The van der Waals surface area contributed by atoms with Crippen molar-refractivity contribution in [2.75, 3.05) is 6.61 Å². The molecule has 0 aliphatic heterocycles. The second-order valence-electron chi connectivity index (χ2n) is 4.25. The number of aromatic nitrogens is 1. The van der Waals surface area contributed by atoms with E-state index in [1.807, 2.05) is 0 Å². The second kappa shape index (κ2) is 5.58. The number of rotatable bonds is 5. The van der Waals surface area contributed by atoms with Crippen molar-refractivity contribution in [2.45, 2.75) is 25.6 Å². The molecule has 0 aliphatic rings. The normalized spacial score (nSPS) is 12.3. The van der Waals surface area contributed by atoms with Gasteiger partial charge < -0.3 is 9.68 Å². The lowest BCUT2D eigenvalue weighted by molar-refractivity contribution is -0.329. The van der Waals surface area contributed by atoms with Gasteiger partial charge in [0.15, 0.2) is 0 Å². The van der Waals surface area contributed by atoms with E-state index >= 15 is 0 Å². The van der Waals surface area contributed by atoms with Gasteiger partial charge in [-0.2, -0.15) is 0 Å². The third-order valence-electron chi connectivity index (χ3n) is 2.28. The molecule has 0 amide bonds. The zero-order valence-corrected chi connectivity index (χ0v) is 9.86. The van der Waals surface area contributed by atoms with Gasteiger partial charge >= 0.3 is 14.0 Å². The Balaban J connectivity index is 2.80. The minimum absolute atomic E-state index is 0.232. The predicted octanol–water partition coefficient (Wildman–Crippen LogP) is 1.80. The van der Waals surface area contributed by atoms with Gasteiger partial charge in [-0.3, -0.25) is 9.72 Å². The topological polar surface area (TPSA) is 51.6 Å². The van der Waals surface area contributed by atoms with E-state index in [2.05, 4.69) is 9.72 Å². The highest BCUT2D eigenvalue weighted by Gasteiger charge is 2.33. The van der Waals surface area contributed by atoms with E-state index in [9.17, 15) is 13.2 Å². The van der Waals surface area contributed by atoms with E-state index in [0.29, 0.717) is 13.2 Å². The molecule has 0 atom stereocenters. The maximum atomic E-state index is 12.0. The lowest BCUT2D eigenvalue weighted by Gasteiger charge is -2.25. The van der Waals surface area contributed by atoms with Gasteiger partial charge in [-0.25, -0.2) is 0 Å². The molecule has 99 valence electrons. The van der Waals surface area contributed by atoms with Crippen molar-refractivity contribution in [3.05, 3.63) is 24.0 Å². The van der Waals surface area contributed by atoms with Gasteiger partial charge in [0, 0.05) is 11.6 Å². The fourth-order valence-corrected chi connectivity index (χ4v) is 1.26. The molecule has 1 heterocycles. The van der Waals surface area contributed by atoms with E-state index < -0.39 is 18.4 Å². The van der Waals surface area contributed by atoms with Crippen molar-refractivity contribution in [1.82, 2.24) is 4.98 Å². The monoisotopic (exact) mass is 262 g/mol. The van der Waals surface area contributed by atoms with Crippen molar-refractivity contribution in [3.8, 4) is 5.75 Å². The summed E-state index contributed by atoms with van der Waals surface area (Å²) in [5.74, 6) is 0.232. The standard InChI is InChI=1S/C10H12BF3NO3/c1-9(2,6-17-10(12,13)14)7-3-8(18-11-16)5-15-4-7/h3-5,16H,6H2,1-2H3. The van der Waals surface area contributed by atoms with E-state index in [1.165, 1.54) is 18.5 Å². The molecule has 0 fully saturated rings. The molecule has 0 aromatic carbocycles. The van der Waals surface area contributed by atoms with Crippen LogP contribution in [0.5, 0.6) is 5.75 Å². The molecule has 0 saturated carbocycles. The minimum Gasteiger partial charge on any atom is -0.536 e. The van der Waals surface area contributed by atoms with Gasteiger partial charge in [-0.15, -0.1) is 13.2 Å². The third kappa shape index (κ3) is 4.54. The second-order valence-corrected chi connectivity index (χ2v) is 4.25. The zero-order valence-electron chi connectivity index (χ0n) is 9.86. The van der Waals surface area contributed by atoms with Gasteiger partial charge in [0.05, 0.1) is 12.8 Å². The average Bonchev–Trinajstić information content (AvgIpc) is 2.27. The molecule has 0 aliphatic carbocycles. The minimum atomic E-state index is -4.67. The summed E-state index contributed by atoms with van der Waals surface area (Å²) in [6.45, 7) is 2.63. The van der Waals surface area contributed by atoms with Crippen LogP contribution in [-0.2, 0) is 10.2 Å². The average molecular weight is 262 g/mol. The van der Waals surface area contributed by atoms with Crippen LogP contribution < -0.4 is 4.65 Å². The first-order valence-electron chi connectivity index (χ1n) is 5.03. The maximum Gasteiger partial charge on any atom is 0.569 e. The Labute approximate surface area is 103 Å². The Hall–Kier alpha value is -1.28. The molecule has 4 nitrogen and oxygen atoms in total. The number of hydrogen-bond acceptors (Lipinski definition) is 4. The summed E-state index contributed by atoms with van der Waals surface area (Å²) in [7, 11) is 0.472. The zero-order chi connectivity index (χ0) is 13.8. The Morgan fingerprint density at radius 3 is 2.56 bits per heavy atom. The number of hydrogen-bond donors (Lipinski definition) is 1. The van der Waals surface area contributed by atoms with E-state index in [1.54, 1.807) is 13.8 Å². The van der Waals surface area contributed by atoms with Gasteiger partial charge in [0.1, 0.15) is 5.75 Å². The third-order valence-corrected chi connectivity index (χ3v) is 2.28. The molecule has 0 spiro atoms. The molecule has 8 heteroatoms. The van der Waals surface area contributed by atoms with Gasteiger partial charge in [0.2, 0.25) is 0 Å².